The number of hydrogen-bond donors (Lipinski definition) is 0. The van der Waals surface area contributed by atoms with Gasteiger partial charge in [0, 0.05) is 40.2 Å². The molecule has 5 aromatic carbocycles. The second-order valence-electron chi connectivity index (χ2n) is 11.8. The molecule has 0 fully saturated rings. The average Bonchev–Trinajstić information content (AvgIpc) is 3.19. The van der Waals surface area contributed by atoms with Crippen LogP contribution in [0.4, 0.5) is 0 Å². The second-order valence-corrected chi connectivity index (χ2v) is 11.8. The summed E-state index contributed by atoms with van der Waals surface area (Å²) in [5.41, 5.74) is 11.5. The van der Waals surface area contributed by atoms with Gasteiger partial charge in [0.05, 0.1) is 11.4 Å². The molecule has 0 atom stereocenters. The maximum atomic E-state index is 5.04. The molecule has 8 rings (SSSR count). The van der Waals surface area contributed by atoms with Gasteiger partial charge in [-0.2, -0.15) is 0 Å². The number of pyridine rings is 2. The Labute approximate surface area is 285 Å². The summed E-state index contributed by atoms with van der Waals surface area (Å²) < 4.78 is 0. The lowest BCUT2D eigenvalue weighted by atomic mass is 9.94. The molecule has 0 saturated carbocycles. The lowest BCUT2D eigenvalue weighted by molar-refractivity contribution is 1.07. The second kappa shape index (κ2) is 13.6. The third-order valence-corrected chi connectivity index (χ3v) is 8.45. The number of rotatable bonds is 8. The highest BCUT2D eigenvalue weighted by molar-refractivity contribution is 5.75. The van der Waals surface area contributed by atoms with Crippen LogP contribution in [0.25, 0.3) is 67.8 Å². The van der Waals surface area contributed by atoms with E-state index in [4.69, 9.17) is 15.0 Å². The van der Waals surface area contributed by atoms with E-state index < -0.39 is 0 Å². The Bertz CT molecular complexity index is 2250. The van der Waals surface area contributed by atoms with Gasteiger partial charge in [0.1, 0.15) is 0 Å². The van der Waals surface area contributed by atoms with E-state index in [-0.39, 0.29) is 0 Å². The average molecular weight is 630 g/mol. The van der Waals surface area contributed by atoms with Gasteiger partial charge in [-0.25, -0.2) is 15.0 Å². The molecule has 0 N–H and O–H groups in total. The van der Waals surface area contributed by atoms with Crippen molar-refractivity contribution in [3.8, 4) is 67.8 Å². The monoisotopic (exact) mass is 629 g/mol. The fourth-order valence-electron chi connectivity index (χ4n) is 5.96. The Kier molecular flexibility index (Phi) is 8.29. The summed E-state index contributed by atoms with van der Waals surface area (Å²) in [6.45, 7) is 0. The molecule has 5 nitrogen and oxygen atoms in total. The van der Waals surface area contributed by atoms with Crippen molar-refractivity contribution >= 4 is 0 Å². The number of hydrogen-bond acceptors (Lipinski definition) is 5. The van der Waals surface area contributed by atoms with Crippen molar-refractivity contribution in [2.24, 2.45) is 0 Å². The molecule has 8 aromatic rings. The van der Waals surface area contributed by atoms with Gasteiger partial charge in [0.15, 0.2) is 17.5 Å². The Morgan fingerprint density at radius 3 is 1.27 bits per heavy atom. The molecule has 5 heteroatoms. The van der Waals surface area contributed by atoms with Gasteiger partial charge >= 0.3 is 0 Å². The van der Waals surface area contributed by atoms with E-state index >= 15 is 0 Å². The van der Waals surface area contributed by atoms with Crippen molar-refractivity contribution in [1.29, 1.82) is 0 Å². The normalized spacial score (nSPS) is 10.9. The van der Waals surface area contributed by atoms with Crippen molar-refractivity contribution in [2.75, 3.05) is 0 Å². The Morgan fingerprint density at radius 1 is 0.306 bits per heavy atom. The van der Waals surface area contributed by atoms with Crippen molar-refractivity contribution in [1.82, 2.24) is 24.9 Å². The molecule has 0 aliphatic heterocycles. The summed E-state index contributed by atoms with van der Waals surface area (Å²) >= 11 is 0. The van der Waals surface area contributed by atoms with Gasteiger partial charge in [-0.15, -0.1) is 0 Å². The van der Waals surface area contributed by atoms with Crippen molar-refractivity contribution in [3.05, 3.63) is 187 Å². The van der Waals surface area contributed by atoms with Crippen LogP contribution in [-0.4, -0.2) is 24.9 Å². The minimum absolute atomic E-state index is 0.631. The van der Waals surface area contributed by atoms with Gasteiger partial charge < -0.3 is 0 Å². The minimum atomic E-state index is 0.631. The molecule has 0 spiro atoms. The van der Waals surface area contributed by atoms with Crippen LogP contribution < -0.4 is 0 Å². The molecule has 232 valence electrons. The summed E-state index contributed by atoms with van der Waals surface area (Å²) in [7, 11) is 0. The molecule has 0 radical (unpaired) electrons. The molecular formula is C44H31N5. The predicted octanol–water partition coefficient (Wildman–Crippen LogP) is 10.3. The number of benzene rings is 5. The quantitative estimate of drug-likeness (QED) is 0.167. The Hall–Kier alpha value is -6.59. The largest absolute Gasteiger partial charge is 0.256 e. The zero-order chi connectivity index (χ0) is 32.8. The molecule has 0 aliphatic rings. The first-order chi connectivity index (χ1) is 24.2. The standard InChI is InChI=1S/C44H31N5/c1-3-11-36(12-4-1)42-47-43(37-13-5-2-6-14-37)49-44(48-42)39-29-32(27-31-17-19-34(20-18-31)40-15-7-9-25-45-40)28-38(30-39)33-21-23-35(24-22-33)41-16-8-10-26-46-41/h1-26,28-30H,27H2. The van der Waals surface area contributed by atoms with Crippen LogP contribution in [0.15, 0.2) is 176 Å². The van der Waals surface area contributed by atoms with E-state index in [1.165, 1.54) is 5.56 Å². The molecule has 0 amide bonds. The van der Waals surface area contributed by atoms with Crippen LogP contribution in [0.5, 0.6) is 0 Å². The highest BCUT2D eigenvalue weighted by Crippen LogP contribution is 2.32. The first kappa shape index (κ1) is 29.8. The van der Waals surface area contributed by atoms with Crippen LogP contribution in [0.1, 0.15) is 11.1 Å². The van der Waals surface area contributed by atoms with Gasteiger partial charge in [-0.3, -0.25) is 9.97 Å². The molecule has 3 aromatic heterocycles. The van der Waals surface area contributed by atoms with Crippen LogP contribution in [0, 0.1) is 0 Å². The predicted molar refractivity (Wildman–Crippen MR) is 197 cm³/mol. The first-order valence-corrected chi connectivity index (χ1v) is 16.3. The van der Waals surface area contributed by atoms with Crippen molar-refractivity contribution < 1.29 is 0 Å². The molecule has 0 aliphatic carbocycles. The van der Waals surface area contributed by atoms with E-state index in [1.54, 1.807) is 0 Å². The topological polar surface area (TPSA) is 64.5 Å². The molecule has 0 unspecified atom stereocenters. The number of nitrogens with zero attached hydrogens (tertiary/aromatic N) is 5. The lowest BCUT2D eigenvalue weighted by Gasteiger charge is -2.13. The third-order valence-electron chi connectivity index (χ3n) is 8.45. The van der Waals surface area contributed by atoms with Crippen LogP contribution in [-0.2, 0) is 6.42 Å². The highest BCUT2D eigenvalue weighted by Gasteiger charge is 2.15. The van der Waals surface area contributed by atoms with E-state index in [0.717, 1.165) is 62.3 Å². The zero-order valence-corrected chi connectivity index (χ0v) is 26.7. The van der Waals surface area contributed by atoms with Crippen LogP contribution in [0.2, 0.25) is 0 Å². The Balaban J connectivity index is 1.23. The van der Waals surface area contributed by atoms with Gasteiger partial charge in [-0.05, 0) is 65.1 Å². The minimum Gasteiger partial charge on any atom is -0.256 e. The van der Waals surface area contributed by atoms with E-state index in [1.807, 2.05) is 109 Å². The summed E-state index contributed by atoms with van der Waals surface area (Å²) in [6.07, 6.45) is 4.40. The van der Waals surface area contributed by atoms with Gasteiger partial charge in [-0.1, -0.05) is 127 Å². The zero-order valence-electron chi connectivity index (χ0n) is 26.7. The molecule has 49 heavy (non-hydrogen) atoms. The van der Waals surface area contributed by atoms with Crippen molar-refractivity contribution in [2.45, 2.75) is 6.42 Å². The van der Waals surface area contributed by atoms with E-state index in [9.17, 15) is 0 Å². The molecular weight excluding hydrogens is 599 g/mol. The number of aromatic nitrogens is 5. The van der Waals surface area contributed by atoms with Gasteiger partial charge in [0.2, 0.25) is 0 Å². The SMILES string of the molecule is c1ccc(-c2nc(-c3ccccc3)nc(-c3cc(Cc4ccc(-c5ccccn5)cc4)cc(-c4ccc(-c5ccccn5)cc4)c3)n2)cc1. The summed E-state index contributed by atoms with van der Waals surface area (Å²) in [6, 6.07) is 56.0. The fourth-order valence-corrected chi connectivity index (χ4v) is 5.96. The van der Waals surface area contributed by atoms with Crippen LogP contribution in [0.3, 0.4) is 0 Å². The lowest BCUT2D eigenvalue weighted by Crippen LogP contribution is -2.01. The maximum absolute atomic E-state index is 5.04. The Morgan fingerprint density at radius 2 is 0.755 bits per heavy atom. The van der Waals surface area contributed by atoms with E-state index in [0.29, 0.717) is 17.5 Å². The summed E-state index contributed by atoms with van der Waals surface area (Å²) in [5, 5.41) is 0. The van der Waals surface area contributed by atoms with E-state index in [2.05, 4.69) is 76.7 Å². The summed E-state index contributed by atoms with van der Waals surface area (Å²) in [5.74, 6) is 1.91. The first-order valence-electron chi connectivity index (χ1n) is 16.3. The smallest absolute Gasteiger partial charge is 0.164 e. The highest BCUT2D eigenvalue weighted by atomic mass is 15.0. The third kappa shape index (κ3) is 6.78. The molecule has 0 saturated heterocycles. The summed E-state index contributed by atoms with van der Waals surface area (Å²) in [4.78, 5) is 24.0. The molecule has 0 bridgehead atoms. The molecule has 3 heterocycles. The van der Waals surface area contributed by atoms with Gasteiger partial charge in [0.25, 0.3) is 0 Å². The van der Waals surface area contributed by atoms with Crippen LogP contribution >= 0.6 is 0 Å². The maximum Gasteiger partial charge on any atom is 0.164 e. The fraction of sp³-hybridized carbons (Fsp3) is 0.0227. The van der Waals surface area contributed by atoms with Crippen molar-refractivity contribution in [3.63, 3.8) is 0 Å².